The molecule has 0 bridgehead atoms. The van der Waals surface area contributed by atoms with E-state index in [2.05, 4.69) is 68.2 Å². The molecule has 0 unspecified atom stereocenters. The minimum absolute atomic E-state index is 0. The minimum atomic E-state index is 0. The van der Waals surface area contributed by atoms with Crippen molar-refractivity contribution in [1.29, 1.82) is 0 Å². The number of likely N-dealkylation sites (N-methyl/N-ethyl adjacent to an activating group) is 1. The van der Waals surface area contributed by atoms with Crippen LogP contribution in [0.5, 0.6) is 0 Å². The van der Waals surface area contributed by atoms with Gasteiger partial charge in [0.05, 0.1) is 0 Å². The molecule has 0 saturated carbocycles. The van der Waals surface area contributed by atoms with Gasteiger partial charge in [0.15, 0.2) is 0 Å². The van der Waals surface area contributed by atoms with E-state index in [9.17, 15) is 4.79 Å². The van der Waals surface area contributed by atoms with Gasteiger partial charge in [0.2, 0.25) is 0 Å². The molecule has 5 rings (SSSR count). The molecule has 3 aliphatic heterocycles. The number of carbonyl (C=O) groups excluding carboxylic acids is 1. The number of aromatic nitrogens is 2. The van der Waals surface area contributed by atoms with Crippen LogP contribution in [0.15, 0.2) is 24.3 Å². The predicted molar refractivity (Wildman–Crippen MR) is 131 cm³/mol. The van der Waals surface area contributed by atoms with Crippen LogP contribution in [0.3, 0.4) is 0 Å². The second kappa shape index (κ2) is 9.96. The molecule has 3 aliphatic rings. The van der Waals surface area contributed by atoms with Crippen molar-refractivity contribution in [2.24, 2.45) is 0 Å². The number of nitrogens with zero attached hydrogens (tertiary/aromatic N) is 6. The first-order valence-electron chi connectivity index (χ1n) is 11.0. The van der Waals surface area contributed by atoms with Crippen LogP contribution in [-0.4, -0.2) is 97.0 Å². The van der Waals surface area contributed by atoms with E-state index >= 15 is 0 Å². The monoisotopic (exact) mass is 517 g/mol. The zero-order valence-corrected chi connectivity index (χ0v) is 21.0. The Balaban J connectivity index is 0.00000245. The van der Waals surface area contributed by atoms with Gasteiger partial charge in [0.25, 0.3) is 0 Å². The summed E-state index contributed by atoms with van der Waals surface area (Å²) >= 11 is 2.50. The van der Waals surface area contributed by atoms with E-state index in [1.165, 1.54) is 11.1 Å². The quantitative estimate of drug-likeness (QED) is 0.572. The van der Waals surface area contributed by atoms with Crippen molar-refractivity contribution in [3.8, 4) is 0 Å². The van der Waals surface area contributed by atoms with Crippen molar-refractivity contribution in [3.63, 3.8) is 0 Å². The van der Waals surface area contributed by atoms with Gasteiger partial charge >= 0.3 is 192 Å². The third kappa shape index (κ3) is 4.88. The molecule has 0 aliphatic carbocycles. The Morgan fingerprint density at radius 2 is 1.69 bits per heavy atom. The molecule has 0 spiro atoms. The van der Waals surface area contributed by atoms with E-state index < -0.39 is 0 Å². The van der Waals surface area contributed by atoms with Crippen molar-refractivity contribution in [2.75, 3.05) is 74.1 Å². The molecule has 2 aromatic rings. The molecule has 2 saturated heterocycles. The first kappa shape index (κ1) is 23.3. The number of fused-ring (bicyclic) bond motifs is 1. The van der Waals surface area contributed by atoms with E-state index in [1.807, 2.05) is 4.90 Å². The zero-order valence-electron chi connectivity index (χ0n) is 18.3. The van der Waals surface area contributed by atoms with Gasteiger partial charge in [-0.15, -0.1) is 12.4 Å². The van der Waals surface area contributed by atoms with Crippen molar-refractivity contribution >= 4 is 57.1 Å². The summed E-state index contributed by atoms with van der Waals surface area (Å²) in [4.78, 5) is 30.7. The normalized spacial score (nSPS) is 19.6. The third-order valence-electron chi connectivity index (χ3n) is 6.44. The number of benzene rings is 1. The Morgan fingerprint density at radius 1 is 0.938 bits per heavy atom. The van der Waals surface area contributed by atoms with Gasteiger partial charge < -0.3 is 0 Å². The van der Waals surface area contributed by atoms with Crippen molar-refractivity contribution < 1.29 is 4.79 Å². The van der Waals surface area contributed by atoms with Crippen LogP contribution >= 0.6 is 12.4 Å². The van der Waals surface area contributed by atoms with E-state index in [4.69, 9.17) is 9.97 Å². The summed E-state index contributed by atoms with van der Waals surface area (Å²) in [5.74, 6) is 2.13. The number of hydrogen-bond acceptors (Lipinski definition) is 7. The number of rotatable bonds is 3. The second-order valence-electron chi connectivity index (χ2n) is 8.52. The molecule has 2 radical (unpaired) electrons. The molecular weight excluding hydrogens is 489 g/mol. The Morgan fingerprint density at radius 3 is 2.44 bits per heavy atom. The van der Waals surface area contributed by atoms with Crippen LogP contribution in [-0.2, 0) is 17.8 Å². The first-order valence-corrected chi connectivity index (χ1v) is 11.9. The average Bonchev–Trinajstić information content (AvgIpc) is 2.79. The van der Waals surface area contributed by atoms with Crippen molar-refractivity contribution in [2.45, 2.75) is 13.0 Å². The van der Waals surface area contributed by atoms with Gasteiger partial charge in [0, 0.05) is 0 Å². The van der Waals surface area contributed by atoms with E-state index in [-0.39, 0.29) is 18.3 Å². The smallest absolute Gasteiger partial charge is 0.147 e. The summed E-state index contributed by atoms with van der Waals surface area (Å²) < 4.78 is 0.755. The van der Waals surface area contributed by atoms with E-state index in [0.29, 0.717) is 6.54 Å². The number of amides is 1. The molecule has 0 atom stereocenters. The standard InChI is InChI=1S/C22H28AsN7O.ClH/c1-27-8-10-28(11-9-27)19-13-20(26-22(23)25-19)29-6-4-16-2-3-18(12-17(16)15-29)30-7-5-24-14-21(30)31;/h2-3,12-13,24H,4-11,14-15H2,1H3;1H. The average molecular weight is 518 g/mol. The summed E-state index contributed by atoms with van der Waals surface area (Å²) in [5.41, 5.74) is 3.64. The van der Waals surface area contributed by atoms with Crippen molar-refractivity contribution in [1.82, 2.24) is 20.2 Å². The largest absolute Gasteiger partial charge is 0.147 e. The molecule has 1 aromatic heterocycles. The molecule has 1 aromatic carbocycles. The topological polar surface area (TPSA) is 67.8 Å². The first-order chi connectivity index (χ1) is 15.1. The number of carbonyl (C=O) groups is 1. The summed E-state index contributed by atoms with van der Waals surface area (Å²) in [7, 11) is 2.16. The van der Waals surface area contributed by atoms with Crippen LogP contribution in [0.1, 0.15) is 11.1 Å². The molecular formula is C22H29AsClN7O. The third-order valence-corrected chi connectivity index (χ3v) is 6.86. The van der Waals surface area contributed by atoms with Gasteiger partial charge in [0.1, 0.15) is 0 Å². The van der Waals surface area contributed by atoms with Gasteiger partial charge in [-0.25, -0.2) is 0 Å². The molecule has 8 nitrogen and oxygen atoms in total. The van der Waals surface area contributed by atoms with Crippen LogP contribution in [0.25, 0.3) is 0 Å². The number of anilines is 3. The fourth-order valence-corrected chi connectivity index (χ4v) is 4.99. The Hall–Kier alpha value is -1.86. The summed E-state index contributed by atoms with van der Waals surface area (Å²) in [5, 5.41) is 3.14. The van der Waals surface area contributed by atoms with Crippen LogP contribution in [0.2, 0.25) is 0 Å². The molecule has 2 fully saturated rings. The molecule has 10 heteroatoms. The summed E-state index contributed by atoms with van der Waals surface area (Å²) in [6.07, 6.45) is 0.979. The van der Waals surface area contributed by atoms with Crippen LogP contribution in [0, 0.1) is 0 Å². The molecule has 1 N–H and O–H groups in total. The SMILES string of the molecule is CN1CCN(c2cc(N3CCc4ccc(N5CCNCC5=O)cc4C3)nc([As])n2)CC1.Cl. The maximum atomic E-state index is 12.3. The number of piperazine rings is 2. The second-order valence-corrected chi connectivity index (χ2v) is 9.36. The van der Waals surface area contributed by atoms with Gasteiger partial charge in [-0.3, -0.25) is 0 Å². The van der Waals surface area contributed by atoms with Crippen LogP contribution < -0.4 is 24.6 Å². The van der Waals surface area contributed by atoms with Gasteiger partial charge in [-0.1, -0.05) is 0 Å². The molecule has 170 valence electrons. The minimum Gasteiger partial charge on any atom is -0.147 e. The van der Waals surface area contributed by atoms with E-state index in [1.54, 1.807) is 0 Å². The van der Waals surface area contributed by atoms with Crippen molar-refractivity contribution in [3.05, 3.63) is 35.4 Å². The van der Waals surface area contributed by atoms with Crippen LogP contribution in [0.4, 0.5) is 17.3 Å². The van der Waals surface area contributed by atoms with Gasteiger partial charge in [-0.05, 0) is 0 Å². The molecule has 32 heavy (non-hydrogen) atoms. The Labute approximate surface area is 204 Å². The number of halogens is 1. The predicted octanol–water partition coefficient (Wildman–Crippen LogP) is -0.0571. The molecule has 4 heterocycles. The maximum absolute atomic E-state index is 12.3. The maximum Gasteiger partial charge on any atom is -0.147 e. The Bertz CT molecular complexity index is 983. The summed E-state index contributed by atoms with van der Waals surface area (Å²) in [6, 6.07) is 8.61. The fraction of sp³-hybridized carbons (Fsp3) is 0.500. The fourth-order valence-electron chi connectivity index (χ4n) is 4.56. The summed E-state index contributed by atoms with van der Waals surface area (Å²) in [6.45, 7) is 7.79. The molecule has 1 amide bonds. The number of nitrogens with one attached hydrogen (secondary N) is 1. The number of hydrogen-bond donors (Lipinski definition) is 1. The Kier molecular flexibility index (Phi) is 7.25. The zero-order chi connectivity index (χ0) is 21.4. The van der Waals surface area contributed by atoms with Gasteiger partial charge in [-0.2, -0.15) is 0 Å². The van der Waals surface area contributed by atoms with E-state index in [0.717, 1.165) is 80.7 Å².